The predicted octanol–water partition coefficient (Wildman–Crippen LogP) is 10.9. The lowest BCUT2D eigenvalue weighted by atomic mass is 9.84. The van der Waals surface area contributed by atoms with Gasteiger partial charge in [-0.05, 0) is 66.3 Å². The number of hydrogen-bond acceptors (Lipinski definition) is 2. The van der Waals surface area contributed by atoms with Crippen LogP contribution in [0.2, 0.25) is 0 Å². The highest BCUT2D eigenvalue weighted by molar-refractivity contribution is 5.85. The summed E-state index contributed by atoms with van der Waals surface area (Å²) >= 11 is 0. The number of aromatic amines is 1. The van der Waals surface area contributed by atoms with Crippen LogP contribution >= 0.6 is 0 Å². The molecule has 41 heavy (non-hydrogen) atoms. The molecule has 4 rings (SSSR count). The predicted molar refractivity (Wildman–Crippen MR) is 185 cm³/mol. The van der Waals surface area contributed by atoms with Crippen LogP contribution in [0, 0.1) is 0 Å². The molecule has 0 atom stereocenters. The Morgan fingerprint density at radius 2 is 1.12 bits per heavy atom. The van der Waals surface area contributed by atoms with Crippen molar-refractivity contribution in [3.8, 4) is 0 Å². The minimum atomic E-state index is -0.191. The van der Waals surface area contributed by atoms with Crippen molar-refractivity contribution >= 4 is 21.8 Å². The van der Waals surface area contributed by atoms with Crippen molar-refractivity contribution in [3.05, 3.63) is 76.0 Å². The summed E-state index contributed by atoms with van der Waals surface area (Å²) in [6, 6.07) is 14.5. The third-order valence-corrected chi connectivity index (χ3v) is 6.51. The van der Waals surface area contributed by atoms with Crippen LogP contribution in [-0.2, 0) is 21.8 Å². The quantitative estimate of drug-likeness (QED) is 0.231. The van der Waals surface area contributed by atoms with E-state index < -0.39 is 0 Å². The Bertz CT molecular complexity index is 1430. The van der Waals surface area contributed by atoms with Crippen molar-refractivity contribution in [3.63, 3.8) is 0 Å². The van der Waals surface area contributed by atoms with Crippen LogP contribution in [0.1, 0.15) is 135 Å². The molecule has 0 unspecified atom stereocenters. The lowest BCUT2D eigenvalue weighted by Crippen LogP contribution is -2.33. The van der Waals surface area contributed by atoms with E-state index in [0.29, 0.717) is 0 Å². The average Bonchev–Trinajstić information content (AvgIpc) is 3.30. The zero-order valence-electron chi connectivity index (χ0n) is 28.4. The Kier molecular flexibility index (Phi) is 13.3. The molecule has 0 fully saturated rings. The van der Waals surface area contributed by atoms with Gasteiger partial charge in [-0.15, -0.1) is 0 Å². The van der Waals surface area contributed by atoms with Crippen LogP contribution in [0.4, 0.5) is 0 Å². The van der Waals surface area contributed by atoms with Gasteiger partial charge in [0.25, 0.3) is 5.56 Å². The molecule has 4 nitrogen and oxygen atoms in total. The maximum Gasteiger partial charge on any atom is 0.258 e. The lowest BCUT2D eigenvalue weighted by molar-refractivity contribution is 0.386. The zero-order chi connectivity index (χ0) is 31.3. The maximum atomic E-state index is 12.6. The fourth-order valence-electron chi connectivity index (χ4n) is 4.45. The number of para-hydroxylation sites is 1. The topological polar surface area (TPSA) is 50.7 Å². The first-order valence-electron chi connectivity index (χ1n) is 15.0. The zero-order valence-corrected chi connectivity index (χ0v) is 28.4. The summed E-state index contributed by atoms with van der Waals surface area (Å²) in [5.74, 6) is 1.06. The summed E-state index contributed by atoms with van der Waals surface area (Å²) < 4.78 is 1.81. The summed E-state index contributed by atoms with van der Waals surface area (Å²) in [6.45, 7) is 33.9. The molecular formula is C37H61N3O. The smallest absolute Gasteiger partial charge is 0.258 e. The second-order valence-electron chi connectivity index (χ2n) is 14.0. The second-order valence-corrected chi connectivity index (χ2v) is 14.0. The van der Waals surface area contributed by atoms with Crippen molar-refractivity contribution < 1.29 is 0 Å². The minimum Gasteiger partial charge on any atom is -0.342 e. The Morgan fingerprint density at radius 3 is 1.59 bits per heavy atom. The number of nitrogens with one attached hydrogen (secondary N) is 1. The number of aromatic nitrogens is 3. The van der Waals surface area contributed by atoms with Gasteiger partial charge < -0.3 is 9.55 Å². The van der Waals surface area contributed by atoms with E-state index in [1.165, 1.54) is 11.1 Å². The molecule has 0 bridgehead atoms. The van der Waals surface area contributed by atoms with E-state index in [1.807, 2.05) is 71.4 Å². The van der Waals surface area contributed by atoms with Gasteiger partial charge >= 0.3 is 0 Å². The molecule has 0 saturated heterocycles. The number of rotatable bonds is 0. The van der Waals surface area contributed by atoms with E-state index in [0.717, 1.165) is 27.6 Å². The lowest BCUT2D eigenvalue weighted by Gasteiger charge is -2.25. The first kappa shape index (κ1) is 38.1. The average molecular weight is 564 g/mol. The fraction of sp³-hybridized carbons (Fsp3) is 0.568. The molecule has 0 radical (unpaired) electrons. The standard InChI is InChI=1S/C17H23NO.C15H22N2.2C2H6.CH4/c1-16(2,3)14-9-7-8-13-12(14)10-11-18(15(13)19)17(4,5)6;1-14(2,3)10-8-7-9-11-12(10)17-13(16-11)15(4,5)6;2*1-2;/h7-11H,1-6H3;7-9H,1-6H3,(H,16,17);2*1-2H3;1H4. The number of pyridine rings is 1. The van der Waals surface area contributed by atoms with Gasteiger partial charge in [-0.25, -0.2) is 4.98 Å². The highest BCUT2D eigenvalue weighted by Gasteiger charge is 2.23. The van der Waals surface area contributed by atoms with Crippen LogP contribution in [-0.4, -0.2) is 14.5 Å². The second kappa shape index (κ2) is 14.3. The molecule has 4 aromatic rings. The van der Waals surface area contributed by atoms with Gasteiger partial charge in [-0.2, -0.15) is 0 Å². The monoisotopic (exact) mass is 563 g/mol. The van der Waals surface area contributed by atoms with Gasteiger partial charge in [0, 0.05) is 22.5 Å². The van der Waals surface area contributed by atoms with Crippen LogP contribution in [0.25, 0.3) is 21.8 Å². The Labute approximate surface area is 252 Å². The number of fused-ring (bicyclic) bond motifs is 2. The first-order valence-corrected chi connectivity index (χ1v) is 15.0. The Balaban J connectivity index is 0.000000684. The van der Waals surface area contributed by atoms with E-state index in [4.69, 9.17) is 4.98 Å². The minimum absolute atomic E-state index is 0. The third kappa shape index (κ3) is 9.31. The first-order chi connectivity index (χ1) is 18.3. The van der Waals surface area contributed by atoms with E-state index in [1.54, 1.807) is 0 Å². The van der Waals surface area contributed by atoms with Gasteiger partial charge in [0.15, 0.2) is 0 Å². The molecular weight excluding hydrogens is 502 g/mol. The van der Waals surface area contributed by atoms with Crippen LogP contribution in [0.15, 0.2) is 53.5 Å². The molecule has 0 spiro atoms. The molecule has 0 aliphatic carbocycles. The van der Waals surface area contributed by atoms with Gasteiger partial charge in [-0.3, -0.25) is 4.79 Å². The van der Waals surface area contributed by atoms with Gasteiger partial charge in [0.05, 0.1) is 11.0 Å². The highest BCUT2D eigenvalue weighted by atomic mass is 16.1. The Morgan fingerprint density at radius 1 is 0.634 bits per heavy atom. The van der Waals surface area contributed by atoms with E-state index in [-0.39, 0.29) is 34.8 Å². The molecule has 230 valence electrons. The van der Waals surface area contributed by atoms with Gasteiger partial charge in [-0.1, -0.05) is 122 Å². The van der Waals surface area contributed by atoms with Gasteiger partial charge in [0.2, 0.25) is 0 Å². The molecule has 0 aliphatic heterocycles. The van der Waals surface area contributed by atoms with E-state index in [2.05, 4.69) is 97.6 Å². The molecule has 2 heterocycles. The molecule has 2 aromatic carbocycles. The number of nitrogens with zero attached hydrogens (tertiary/aromatic N) is 2. The third-order valence-electron chi connectivity index (χ3n) is 6.51. The molecule has 2 aromatic heterocycles. The van der Waals surface area contributed by atoms with Crippen LogP contribution < -0.4 is 5.56 Å². The maximum absolute atomic E-state index is 12.6. The number of benzene rings is 2. The van der Waals surface area contributed by atoms with Crippen molar-refractivity contribution in [2.45, 2.75) is 140 Å². The molecule has 1 N–H and O–H groups in total. The highest BCUT2D eigenvalue weighted by Crippen LogP contribution is 2.31. The van der Waals surface area contributed by atoms with E-state index in [9.17, 15) is 4.79 Å². The summed E-state index contributed by atoms with van der Waals surface area (Å²) in [6.07, 6.45) is 1.92. The van der Waals surface area contributed by atoms with E-state index >= 15 is 0 Å². The van der Waals surface area contributed by atoms with Crippen LogP contribution in [0.5, 0.6) is 0 Å². The SMILES string of the molecule is C.CC.CC.CC(C)(C)c1cccc2c(=O)n(C(C)(C)C)ccc12.CC(C)(C)c1nc2c(C(C)(C)C)cccc2[nH]1. The normalized spacial score (nSPS) is 11.8. The number of imidazole rings is 1. The summed E-state index contributed by atoms with van der Waals surface area (Å²) in [5.41, 5.74) is 4.93. The van der Waals surface area contributed by atoms with Crippen molar-refractivity contribution in [2.24, 2.45) is 0 Å². The summed E-state index contributed by atoms with van der Waals surface area (Å²) in [5, 5.41) is 1.88. The van der Waals surface area contributed by atoms with Crippen molar-refractivity contribution in [1.29, 1.82) is 0 Å². The fourth-order valence-corrected chi connectivity index (χ4v) is 4.45. The number of hydrogen-bond donors (Lipinski definition) is 1. The molecule has 0 saturated carbocycles. The Hall–Kier alpha value is -2.88. The molecule has 4 heteroatoms. The largest absolute Gasteiger partial charge is 0.342 e. The summed E-state index contributed by atoms with van der Waals surface area (Å²) in [7, 11) is 0. The van der Waals surface area contributed by atoms with Crippen LogP contribution in [0.3, 0.4) is 0 Å². The molecule has 0 amide bonds. The summed E-state index contributed by atoms with van der Waals surface area (Å²) in [4.78, 5) is 20.8. The van der Waals surface area contributed by atoms with Gasteiger partial charge in [0.1, 0.15) is 5.82 Å². The van der Waals surface area contributed by atoms with Crippen molar-refractivity contribution in [2.75, 3.05) is 0 Å². The van der Waals surface area contributed by atoms with Crippen molar-refractivity contribution in [1.82, 2.24) is 14.5 Å². The molecule has 0 aliphatic rings. The number of H-pyrrole nitrogens is 1.